The zero-order valence-electron chi connectivity index (χ0n) is 20.0. The molecule has 0 unspecified atom stereocenters. The Morgan fingerprint density at radius 2 is 1.77 bits per heavy atom. The Kier molecular flexibility index (Phi) is 7.67. The van der Waals surface area contributed by atoms with Crippen LogP contribution in [0, 0.1) is 13.8 Å². The highest BCUT2D eigenvalue weighted by molar-refractivity contribution is 7.99. The topological polar surface area (TPSA) is 86.1 Å². The number of nitrogens with zero attached hydrogens (tertiary/aromatic N) is 3. The first-order valence-corrected chi connectivity index (χ1v) is 12.9. The summed E-state index contributed by atoms with van der Waals surface area (Å²) in [6.07, 6.45) is 0. The number of anilines is 1. The average molecular weight is 507 g/mol. The highest BCUT2D eigenvalue weighted by atomic mass is 32.2. The van der Waals surface area contributed by atoms with Crippen LogP contribution < -0.4 is 5.32 Å². The predicted molar refractivity (Wildman–Crippen MR) is 141 cm³/mol. The number of esters is 1. The lowest BCUT2D eigenvalue weighted by atomic mass is 10.0. The Hall–Kier alpha value is -3.43. The third-order valence-corrected chi connectivity index (χ3v) is 7.53. The minimum absolute atomic E-state index is 0.129. The number of amides is 1. The third-order valence-electron chi connectivity index (χ3n) is 5.54. The molecule has 2 heterocycles. The lowest BCUT2D eigenvalue weighted by molar-refractivity contribution is -0.113. The molecule has 180 valence electrons. The Bertz CT molecular complexity index is 1360. The maximum atomic E-state index is 12.9. The van der Waals surface area contributed by atoms with Gasteiger partial charge in [0.1, 0.15) is 10.6 Å². The minimum Gasteiger partial charge on any atom is -0.465 e. The van der Waals surface area contributed by atoms with E-state index in [0.29, 0.717) is 22.3 Å². The number of rotatable bonds is 8. The summed E-state index contributed by atoms with van der Waals surface area (Å²) in [5.74, 6) is 0.196. The van der Waals surface area contributed by atoms with Crippen LogP contribution in [0.15, 0.2) is 59.8 Å². The maximum absolute atomic E-state index is 12.9. The van der Waals surface area contributed by atoms with E-state index < -0.39 is 5.97 Å². The van der Waals surface area contributed by atoms with Gasteiger partial charge in [-0.05, 0) is 31.9 Å². The van der Waals surface area contributed by atoms with Gasteiger partial charge in [-0.2, -0.15) is 0 Å². The van der Waals surface area contributed by atoms with Gasteiger partial charge in [-0.1, -0.05) is 66.4 Å². The van der Waals surface area contributed by atoms with Crippen LogP contribution in [0.5, 0.6) is 0 Å². The summed E-state index contributed by atoms with van der Waals surface area (Å²) in [6.45, 7) is 6.67. The second-order valence-electron chi connectivity index (χ2n) is 7.80. The zero-order chi connectivity index (χ0) is 24.9. The molecule has 0 aliphatic heterocycles. The van der Waals surface area contributed by atoms with Gasteiger partial charge in [0, 0.05) is 22.5 Å². The lowest BCUT2D eigenvalue weighted by Crippen LogP contribution is -2.16. The fraction of sp³-hybridized carbons (Fsp3) is 0.231. The fourth-order valence-electron chi connectivity index (χ4n) is 3.88. The van der Waals surface area contributed by atoms with Crippen LogP contribution in [0.1, 0.15) is 27.7 Å². The number of benzene rings is 2. The summed E-state index contributed by atoms with van der Waals surface area (Å²) in [5, 5.41) is 12.8. The van der Waals surface area contributed by atoms with Gasteiger partial charge in [0.25, 0.3) is 0 Å². The number of hydrogen-bond donors (Lipinski definition) is 1. The van der Waals surface area contributed by atoms with Crippen molar-refractivity contribution in [3.05, 3.63) is 70.6 Å². The molecule has 0 fully saturated rings. The monoisotopic (exact) mass is 506 g/mol. The molecule has 2 aromatic heterocycles. The van der Waals surface area contributed by atoms with Gasteiger partial charge >= 0.3 is 5.97 Å². The van der Waals surface area contributed by atoms with Gasteiger partial charge in [-0.25, -0.2) is 4.79 Å². The molecule has 0 radical (unpaired) electrons. The summed E-state index contributed by atoms with van der Waals surface area (Å²) in [4.78, 5) is 26.5. The van der Waals surface area contributed by atoms with Crippen LogP contribution in [0.3, 0.4) is 0 Å². The number of aryl methyl sites for hydroxylation is 2. The van der Waals surface area contributed by atoms with Gasteiger partial charge in [-0.15, -0.1) is 21.5 Å². The molecule has 0 atom stereocenters. The van der Waals surface area contributed by atoms with Crippen molar-refractivity contribution in [1.82, 2.24) is 14.8 Å². The van der Waals surface area contributed by atoms with Gasteiger partial charge in [0.15, 0.2) is 11.0 Å². The number of thioether (sulfide) groups is 1. The molecule has 0 bridgehead atoms. The lowest BCUT2D eigenvalue weighted by Gasteiger charge is -2.10. The van der Waals surface area contributed by atoms with E-state index in [1.807, 2.05) is 79.9 Å². The van der Waals surface area contributed by atoms with Gasteiger partial charge < -0.3 is 14.6 Å². The minimum atomic E-state index is -0.482. The molecule has 0 saturated carbocycles. The SMILES string of the molecule is CCn1c(SCC(=O)Nc2sc(C)c(-c3ccccc3)c2C(=O)OC)nnc1-c1ccccc1C. The number of aromatic nitrogens is 3. The van der Waals surface area contributed by atoms with Crippen molar-refractivity contribution in [2.24, 2.45) is 0 Å². The second kappa shape index (κ2) is 10.9. The molecule has 1 amide bonds. The van der Waals surface area contributed by atoms with E-state index in [2.05, 4.69) is 15.5 Å². The molecule has 7 nitrogen and oxygen atoms in total. The summed E-state index contributed by atoms with van der Waals surface area (Å²) in [6, 6.07) is 17.6. The Balaban J connectivity index is 1.54. The molecular formula is C26H26N4O3S2. The molecule has 2 aromatic carbocycles. The number of hydrogen-bond acceptors (Lipinski definition) is 7. The molecule has 1 N–H and O–H groups in total. The molecule has 4 aromatic rings. The normalized spacial score (nSPS) is 10.9. The standard InChI is InChI=1S/C26H26N4O3S2/c1-5-30-23(19-14-10-9-11-16(19)2)28-29-26(30)34-15-20(31)27-24-22(25(32)33-4)21(17(3)35-24)18-12-7-6-8-13-18/h6-14H,5,15H2,1-4H3,(H,27,31). The Morgan fingerprint density at radius 3 is 2.46 bits per heavy atom. The number of carbonyl (C=O) groups excluding carboxylic acids is 2. The van der Waals surface area contributed by atoms with E-state index in [0.717, 1.165) is 33.0 Å². The van der Waals surface area contributed by atoms with Crippen molar-refractivity contribution >= 4 is 40.0 Å². The Morgan fingerprint density at radius 1 is 1.06 bits per heavy atom. The van der Waals surface area contributed by atoms with Crippen LogP contribution in [-0.2, 0) is 16.1 Å². The third kappa shape index (κ3) is 5.16. The van der Waals surface area contributed by atoms with Gasteiger partial charge in [0.2, 0.25) is 5.91 Å². The summed E-state index contributed by atoms with van der Waals surface area (Å²) < 4.78 is 7.04. The van der Waals surface area contributed by atoms with Crippen LogP contribution in [0.25, 0.3) is 22.5 Å². The quantitative estimate of drug-likeness (QED) is 0.239. The predicted octanol–water partition coefficient (Wildman–Crippen LogP) is 5.83. The maximum Gasteiger partial charge on any atom is 0.341 e. The van der Waals surface area contributed by atoms with E-state index in [1.54, 1.807) is 0 Å². The summed E-state index contributed by atoms with van der Waals surface area (Å²) in [5.41, 5.74) is 4.18. The smallest absolute Gasteiger partial charge is 0.341 e. The number of thiophene rings is 1. The highest BCUT2D eigenvalue weighted by Crippen LogP contribution is 2.40. The number of carbonyl (C=O) groups is 2. The molecule has 0 aliphatic carbocycles. The number of methoxy groups -OCH3 is 1. The first-order chi connectivity index (χ1) is 16.9. The second-order valence-corrected chi connectivity index (χ2v) is 9.96. The van der Waals surface area contributed by atoms with Crippen molar-refractivity contribution < 1.29 is 14.3 Å². The summed E-state index contributed by atoms with van der Waals surface area (Å²) >= 11 is 2.68. The summed E-state index contributed by atoms with van der Waals surface area (Å²) in [7, 11) is 1.34. The van der Waals surface area contributed by atoms with Crippen LogP contribution in [-0.4, -0.2) is 39.5 Å². The highest BCUT2D eigenvalue weighted by Gasteiger charge is 2.25. The average Bonchev–Trinajstić information content (AvgIpc) is 3.42. The number of nitrogens with one attached hydrogen (secondary N) is 1. The molecule has 0 spiro atoms. The fourth-order valence-corrected chi connectivity index (χ4v) is 5.76. The van der Waals surface area contributed by atoms with Crippen molar-refractivity contribution in [1.29, 1.82) is 0 Å². The van der Waals surface area contributed by atoms with Crippen LogP contribution in [0.4, 0.5) is 5.00 Å². The van der Waals surface area contributed by atoms with Crippen molar-refractivity contribution in [2.75, 3.05) is 18.2 Å². The van der Waals surface area contributed by atoms with E-state index in [-0.39, 0.29) is 11.7 Å². The molecule has 4 rings (SSSR count). The van der Waals surface area contributed by atoms with Crippen molar-refractivity contribution in [3.63, 3.8) is 0 Å². The van der Waals surface area contributed by atoms with E-state index in [4.69, 9.17) is 4.74 Å². The van der Waals surface area contributed by atoms with Gasteiger partial charge in [-0.3, -0.25) is 4.79 Å². The molecular weight excluding hydrogens is 480 g/mol. The van der Waals surface area contributed by atoms with E-state index >= 15 is 0 Å². The first kappa shape index (κ1) is 24.7. The molecule has 0 saturated heterocycles. The number of ether oxygens (including phenoxy) is 1. The zero-order valence-corrected chi connectivity index (χ0v) is 21.6. The Labute approximate surface area is 212 Å². The molecule has 9 heteroatoms. The van der Waals surface area contributed by atoms with Crippen molar-refractivity contribution in [2.45, 2.75) is 32.5 Å². The van der Waals surface area contributed by atoms with E-state index in [1.165, 1.54) is 30.2 Å². The van der Waals surface area contributed by atoms with Crippen LogP contribution >= 0.6 is 23.1 Å². The van der Waals surface area contributed by atoms with Crippen LogP contribution in [0.2, 0.25) is 0 Å². The first-order valence-electron chi connectivity index (χ1n) is 11.1. The molecule has 0 aliphatic rings. The van der Waals surface area contributed by atoms with Crippen molar-refractivity contribution in [3.8, 4) is 22.5 Å². The molecule has 35 heavy (non-hydrogen) atoms. The largest absolute Gasteiger partial charge is 0.465 e. The van der Waals surface area contributed by atoms with E-state index in [9.17, 15) is 9.59 Å². The van der Waals surface area contributed by atoms with Gasteiger partial charge in [0.05, 0.1) is 12.9 Å².